The van der Waals surface area contributed by atoms with Gasteiger partial charge in [-0.2, -0.15) is 0 Å². The second-order valence-electron chi connectivity index (χ2n) is 4.72. The first-order chi connectivity index (χ1) is 8.25. The fourth-order valence-electron chi connectivity index (χ4n) is 2.28. The highest BCUT2D eigenvalue weighted by atomic mass is 35.5. The molecule has 88 valence electrons. The van der Waals surface area contributed by atoms with Crippen molar-refractivity contribution in [3.8, 4) is 0 Å². The number of rotatable bonds is 2. The number of halogens is 1. The largest absolute Gasteiger partial charge is 0.381 e. The van der Waals surface area contributed by atoms with Gasteiger partial charge in [0.1, 0.15) is 0 Å². The van der Waals surface area contributed by atoms with Gasteiger partial charge in [0.25, 0.3) is 0 Å². The van der Waals surface area contributed by atoms with Crippen LogP contribution in [0.3, 0.4) is 0 Å². The Morgan fingerprint density at radius 2 is 2.24 bits per heavy atom. The van der Waals surface area contributed by atoms with Gasteiger partial charge in [-0.3, -0.25) is 4.98 Å². The summed E-state index contributed by atoms with van der Waals surface area (Å²) in [5.41, 5.74) is 3.22. The van der Waals surface area contributed by atoms with Crippen molar-refractivity contribution in [2.45, 2.75) is 32.2 Å². The molecule has 2 aromatic rings. The summed E-state index contributed by atoms with van der Waals surface area (Å²) in [6.45, 7) is 2.05. The maximum atomic E-state index is 6.34. The van der Waals surface area contributed by atoms with E-state index in [9.17, 15) is 0 Å². The Morgan fingerprint density at radius 1 is 1.41 bits per heavy atom. The van der Waals surface area contributed by atoms with E-state index in [-0.39, 0.29) is 0 Å². The van der Waals surface area contributed by atoms with Crippen molar-refractivity contribution in [3.05, 3.63) is 35.0 Å². The predicted molar refractivity (Wildman–Crippen MR) is 72.8 cm³/mol. The molecule has 0 aliphatic heterocycles. The van der Waals surface area contributed by atoms with Crippen LogP contribution in [0, 0.1) is 6.92 Å². The lowest BCUT2D eigenvalue weighted by Gasteiger charge is -2.28. The minimum absolute atomic E-state index is 0.582. The van der Waals surface area contributed by atoms with E-state index in [1.165, 1.54) is 19.3 Å². The lowest BCUT2D eigenvalue weighted by molar-refractivity contribution is 0.446. The van der Waals surface area contributed by atoms with E-state index in [4.69, 9.17) is 11.6 Å². The van der Waals surface area contributed by atoms with Crippen LogP contribution < -0.4 is 5.32 Å². The highest BCUT2D eigenvalue weighted by molar-refractivity contribution is 6.35. The van der Waals surface area contributed by atoms with Gasteiger partial charge < -0.3 is 5.32 Å². The first-order valence-electron chi connectivity index (χ1n) is 6.06. The number of nitrogens with zero attached hydrogens (tertiary/aromatic N) is 1. The Bertz CT molecular complexity index is 561. The van der Waals surface area contributed by atoms with Crippen molar-refractivity contribution in [1.29, 1.82) is 0 Å². The van der Waals surface area contributed by atoms with Crippen molar-refractivity contribution >= 4 is 28.2 Å². The summed E-state index contributed by atoms with van der Waals surface area (Å²) < 4.78 is 0. The summed E-state index contributed by atoms with van der Waals surface area (Å²) in [5, 5.41) is 5.47. The van der Waals surface area contributed by atoms with Gasteiger partial charge in [0, 0.05) is 17.6 Å². The van der Waals surface area contributed by atoms with Crippen LogP contribution in [0.15, 0.2) is 24.4 Å². The summed E-state index contributed by atoms with van der Waals surface area (Å²) >= 11 is 6.34. The Balaban J connectivity index is 2.14. The van der Waals surface area contributed by atoms with Crippen LogP contribution >= 0.6 is 11.6 Å². The molecule has 17 heavy (non-hydrogen) atoms. The molecule has 0 saturated heterocycles. The summed E-state index contributed by atoms with van der Waals surface area (Å²) in [7, 11) is 0. The lowest BCUT2D eigenvalue weighted by atomic mass is 9.92. The normalized spacial score (nSPS) is 15.9. The van der Waals surface area contributed by atoms with Crippen LogP contribution in [0.2, 0.25) is 5.02 Å². The van der Waals surface area contributed by atoms with Crippen molar-refractivity contribution in [2.75, 3.05) is 5.32 Å². The average Bonchev–Trinajstić information content (AvgIpc) is 2.26. The number of pyridine rings is 1. The van der Waals surface area contributed by atoms with Crippen LogP contribution in [0.25, 0.3) is 10.9 Å². The van der Waals surface area contributed by atoms with E-state index in [0.717, 1.165) is 27.2 Å². The quantitative estimate of drug-likeness (QED) is 0.861. The van der Waals surface area contributed by atoms with Gasteiger partial charge in [0.2, 0.25) is 0 Å². The Labute approximate surface area is 106 Å². The topological polar surface area (TPSA) is 24.9 Å². The van der Waals surface area contributed by atoms with Crippen molar-refractivity contribution in [2.24, 2.45) is 0 Å². The number of anilines is 1. The van der Waals surface area contributed by atoms with E-state index >= 15 is 0 Å². The average molecular weight is 247 g/mol. The SMILES string of the molecule is Cc1cc(Cl)c(NC2CCC2)c2cccnc12. The molecule has 3 rings (SSSR count). The zero-order chi connectivity index (χ0) is 11.8. The van der Waals surface area contributed by atoms with Gasteiger partial charge in [-0.25, -0.2) is 0 Å². The monoisotopic (exact) mass is 246 g/mol. The van der Waals surface area contributed by atoms with Crippen LogP contribution in [-0.2, 0) is 0 Å². The van der Waals surface area contributed by atoms with Crippen molar-refractivity contribution in [1.82, 2.24) is 4.98 Å². The zero-order valence-corrected chi connectivity index (χ0v) is 10.6. The van der Waals surface area contributed by atoms with E-state index in [1.807, 2.05) is 25.3 Å². The summed E-state index contributed by atoms with van der Waals surface area (Å²) in [6, 6.07) is 6.63. The fourth-order valence-corrected chi connectivity index (χ4v) is 2.60. The van der Waals surface area contributed by atoms with E-state index in [2.05, 4.69) is 16.4 Å². The molecular formula is C14H15ClN2. The minimum atomic E-state index is 0.582. The predicted octanol–water partition coefficient (Wildman–Crippen LogP) is 4.16. The number of hydrogen-bond acceptors (Lipinski definition) is 2. The van der Waals surface area contributed by atoms with Crippen LogP contribution in [-0.4, -0.2) is 11.0 Å². The molecule has 1 aliphatic rings. The molecule has 1 N–H and O–H groups in total. The summed E-state index contributed by atoms with van der Waals surface area (Å²) in [6.07, 6.45) is 5.63. The lowest BCUT2D eigenvalue weighted by Crippen LogP contribution is -2.27. The second kappa shape index (κ2) is 4.19. The molecule has 1 aromatic heterocycles. The van der Waals surface area contributed by atoms with E-state index in [1.54, 1.807) is 0 Å². The summed E-state index contributed by atoms with van der Waals surface area (Å²) in [5.74, 6) is 0. The highest BCUT2D eigenvalue weighted by Crippen LogP contribution is 2.35. The fraction of sp³-hybridized carbons (Fsp3) is 0.357. The Morgan fingerprint density at radius 3 is 2.94 bits per heavy atom. The molecular weight excluding hydrogens is 232 g/mol. The number of hydrogen-bond donors (Lipinski definition) is 1. The molecule has 2 nitrogen and oxygen atoms in total. The van der Waals surface area contributed by atoms with Crippen LogP contribution in [0.1, 0.15) is 24.8 Å². The van der Waals surface area contributed by atoms with Gasteiger partial charge in [0.05, 0.1) is 16.2 Å². The molecule has 1 saturated carbocycles. The summed E-state index contributed by atoms with van der Waals surface area (Å²) in [4.78, 5) is 4.44. The molecule has 0 bridgehead atoms. The third-order valence-corrected chi connectivity index (χ3v) is 3.78. The Kier molecular flexibility index (Phi) is 2.67. The number of aromatic nitrogens is 1. The van der Waals surface area contributed by atoms with Gasteiger partial charge in [-0.15, -0.1) is 0 Å². The highest BCUT2D eigenvalue weighted by Gasteiger charge is 2.19. The van der Waals surface area contributed by atoms with Gasteiger partial charge in [0.15, 0.2) is 0 Å². The molecule has 0 atom stereocenters. The van der Waals surface area contributed by atoms with E-state index in [0.29, 0.717) is 6.04 Å². The van der Waals surface area contributed by atoms with Crippen molar-refractivity contribution < 1.29 is 0 Å². The van der Waals surface area contributed by atoms with Crippen LogP contribution in [0.4, 0.5) is 5.69 Å². The first-order valence-corrected chi connectivity index (χ1v) is 6.44. The molecule has 1 heterocycles. The third-order valence-electron chi connectivity index (χ3n) is 3.49. The molecule has 0 radical (unpaired) electrons. The smallest absolute Gasteiger partial charge is 0.0752 e. The molecule has 0 amide bonds. The van der Waals surface area contributed by atoms with Gasteiger partial charge >= 0.3 is 0 Å². The van der Waals surface area contributed by atoms with Gasteiger partial charge in [-0.1, -0.05) is 11.6 Å². The number of fused-ring (bicyclic) bond motifs is 1. The van der Waals surface area contributed by atoms with Gasteiger partial charge in [-0.05, 0) is 49.9 Å². The molecule has 1 aromatic carbocycles. The number of benzene rings is 1. The Hall–Kier alpha value is -1.28. The minimum Gasteiger partial charge on any atom is -0.381 e. The first kappa shape index (κ1) is 10.8. The maximum Gasteiger partial charge on any atom is 0.0752 e. The van der Waals surface area contributed by atoms with E-state index < -0.39 is 0 Å². The zero-order valence-electron chi connectivity index (χ0n) is 9.83. The standard InChI is InChI=1S/C14H15ClN2/c1-9-8-12(15)14(17-10-4-2-5-10)11-6-3-7-16-13(9)11/h3,6-8,10,17H,2,4-5H2,1H3. The molecule has 1 fully saturated rings. The van der Waals surface area contributed by atoms with Crippen molar-refractivity contribution in [3.63, 3.8) is 0 Å². The second-order valence-corrected chi connectivity index (χ2v) is 5.13. The molecule has 3 heteroatoms. The molecule has 0 unspecified atom stereocenters. The van der Waals surface area contributed by atoms with Crippen LogP contribution in [0.5, 0.6) is 0 Å². The third kappa shape index (κ3) is 1.87. The molecule has 0 spiro atoms. The molecule has 1 aliphatic carbocycles. The maximum absolute atomic E-state index is 6.34. The number of aryl methyl sites for hydroxylation is 1. The number of nitrogens with one attached hydrogen (secondary N) is 1.